The van der Waals surface area contributed by atoms with Gasteiger partial charge in [-0.1, -0.05) is 106 Å². The Bertz CT molecular complexity index is 2060. The number of ether oxygens (including phenoxy) is 2. The summed E-state index contributed by atoms with van der Waals surface area (Å²) in [6.07, 6.45) is 5.78. The van der Waals surface area contributed by atoms with E-state index in [-0.39, 0.29) is 0 Å². The molecule has 0 fully saturated rings. The van der Waals surface area contributed by atoms with Crippen molar-refractivity contribution < 1.29 is 9.47 Å². The number of fused-ring (bicyclic) bond motifs is 2. The summed E-state index contributed by atoms with van der Waals surface area (Å²) in [6.45, 7) is 9.23. The monoisotopic (exact) mass is 605 g/mol. The molecule has 7 aromatic rings. The molecule has 0 aliphatic heterocycles. The van der Waals surface area contributed by atoms with Crippen LogP contribution in [0.2, 0.25) is 0 Å². The van der Waals surface area contributed by atoms with E-state index in [0.717, 1.165) is 47.9 Å². The van der Waals surface area contributed by atoms with Gasteiger partial charge in [-0.2, -0.15) is 0 Å². The highest BCUT2D eigenvalue weighted by Crippen LogP contribution is 2.49. The van der Waals surface area contributed by atoms with Crippen molar-refractivity contribution in [2.75, 3.05) is 13.1 Å². The van der Waals surface area contributed by atoms with Crippen molar-refractivity contribution in [3.63, 3.8) is 0 Å². The molecule has 7 rings (SSSR count). The minimum atomic E-state index is 0.390. The molecule has 3 nitrogen and oxygen atoms in total. The average molecular weight is 606 g/mol. The van der Waals surface area contributed by atoms with Gasteiger partial charge in [0.1, 0.15) is 23.0 Å². The van der Waals surface area contributed by atoms with Crippen LogP contribution in [0.1, 0.15) is 52.0 Å². The molecule has 0 saturated heterocycles. The predicted octanol–water partition coefficient (Wildman–Crippen LogP) is 12.2. The van der Waals surface area contributed by atoms with Gasteiger partial charge in [-0.3, -0.25) is 0 Å². The molecule has 0 spiro atoms. The predicted molar refractivity (Wildman–Crippen MR) is 195 cm³/mol. The number of nitrogens with zero attached hydrogens (tertiary/aromatic N) is 1. The summed E-state index contributed by atoms with van der Waals surface area (Å²) in [5.74, 6) is 3.53. The van der Waals surface area contributed by atoms with Gasteiger partial charge in [0, 0.05) is 27.6 Å². The summed E-state index contributed by atoms with van der Waals surface area (Å²) >= 11 is 0. The lowest BCUT2D eigenvalue weighted by molar-refractivity contribution is 0.201. The fourth-order valence-electron chi connectivity index (χ4n) is 7.10. The van der Waals surface area contributed by atoms with Gasteiger partial charge in [0.15, 0.2) is 0 Å². The van der Waals surface area contributed by atoms with E-state index in [1.165, 1.54) is 69.0 Å². The lowest BCUT2D eigenvalue weighted by atomic mass is 9.86. The molecular formula is C43H43NO2. The standard InChI is InChI=1S/C43H43NO2/c1-4-6-26-44(27-7-5-2)30(3)28-33-29-32-17-15-22-36-40(32)42(43(33)46-35-20-12-9-13-21-35)37-23-14-16-31-24-25-38(41(36)39(31)37)45-34-18-10-8-11-19-34/h8-25,29-30H,4-7,26-28H2,1-3H3. The largest absolute Gasteiger partial charge is 0.457 e. The molecule has 0 aliphatic carbocycles. The van der Waals surface area contributed by atoms with Crippen LogP contribution in [0.3, 0.4) is 0 Å². The topological polar surface area (TPSA) is 21.7 Å². The fourth-order valence-corrected chi connectivity index (χ4v) is 7.10. The second-order valence-corrected chi connectivity index (χ2v) is 12.6. The molecule has 0 N–H and O–H groups in total. The minimum Gasteiger partial charge on any atom is -0.457 e. The quantitative estimate of drug-likeness (QED) is 0.0964. The van der Waals surface area contributed by atoms with Crippen molar-refractivity contribution in [1.29, 1.82) is 0 Å². The Kier molecular flexibility index (Phi) is 8.76. The third-order valence-electron chi connectivity index (χ3n) is 9.41. The van der Waals surface area contributed by atoms with E-state index in [4.69, 9.17) is 9.47 Å². The van der Waals surface area contributed by atoms with Crippen molar-refractivity contribution in [2.45, 2.75) is 58.9 Å². The number of hydrogen-bond donors (Lipinski definition) is 0. The van der Waals surface area contributed by atoms with Crippen LogP contribution in [0.15, 0.2) is 115 Å². The number of hydrogen-bond acceptors (Lipinski definition) is 3. The summed E-state index contributed by atoms with van der Waals surface area (Å²) in [7, 11) is 0. The zero-order valence-electron chi connectivity index (χ0n) is 27.3. The van der Waals surface area contributed by atoms with Crippen LogP contribution < -0.4 is 9.47 Å². The van der Waals surface area contributed by atoms with E-state index in [1.807, 2.05) is 36.4 Å². The molecular weight excluding hydrogens is 562 g/mol. The van der Waals surface area contributed by atoms with Crippen LogP contribution in [0, 0.1) is 0 Å². The van der Waals surface area contributed by atoms with Crippen LogP contribution in [-0.2, 0) is 6.42 Å². The number of benzene rings is 7. The highest BCUT2D eigenvalue weighted by atomic mass is 16.5. The van der Waals surface area contributed by atoms with Crippen molar-refractivity contribution in [3.8, 4) is 23.0 Å². The Hall–Kier alpha value is -4.60. The normalized spacial score (nSPS) is 12.5. The van der Waals surface area contributed by atoms with Crippen LogP contribution >= 0.6 is 0 Å². The lowest BCUT2D eigenvalue weighted by Crippen LogP contribution is -2.36. The maximum absolute atomic E-state index is 6.99. The smallest absolute Gasteiger partial charge is 0.139 e. The van der Waals surface area contributed by atoms with E-state index in [9.17, 15) is 0 Å². The Morgan fingerprint density at radius 1 is 0.565 bits per heavy atom. The molecule has 7 aromatic carbocycles. The lowest BCUT2D eigenvalue weighted by Gasteiger charge is -2.30. The highest BCUT2D eigenvalue weighted by Gasteiger charge is 2.24. The van der Waals surface area contributed by atoms with E-state index in [0.29, 0.717) is 6.04 Å². The van der Waals surface area contributed by atoms with Crippen molar-refractivity contribution in [3.05, 3.63) is 121 Å². The second kappa shape index (κ2) is 13.4. The third-order valence-corrected chi connectivity index (χ3v) is 9.41. The summed E-state index contributed by atoms with van der Waals surface area (Å²) in [6, 6.07) is 40.8. The molecule has 1 atom stereocenters. The molecule has 232 valence electrons. The van der Waals surface area contributed by atoms with Crippen LogP contribution in [0.25, 0.3) is 43.1 Å². The molecule has 0 heterocycles. The SMILES string of the molecule is CCCCN(CCCC)C(C)Cc1cc2cccc3c4c(Oc5ccccc5)ccc5cccc(c(c1Oc1ccccc1)c23)c54. The van der Waals surface area contributed by atoms with Gasteiger partial charge in [-0.25, -0.2) is 0 Å². The van der Waals surface area contributed by atoms with Gasteiger partial charge < -0.3 is 14.4 Å². The van der Waals surface area contributed by atoms with E-state index >= 15 is 0 Å². The van der Waals surface area contributed by atoms with Crippen molar-refractivity contribution in [2.24, 2.45) is 0 Å². The molecule has 1 unspecified atom stereocenters. The fraction of sp³-hybridized carbons (Fsp3) is 0.256. The summed E-state index contributed by atoms with van der Waals surface area (Å²) in [4.78, 5) is 2.69. The molecule has 0 amide bonds. The summed E-state index contributed by atoms with van der Waals surface area (Å²) in [5.41, 5.74) is 1.26. The summed E-state index contributed by atoms with van der Waals surface area (Å²) in [5, 5.41) is 9.59. The Labute approximate surface area is 272 Å². The van der Waals surface area contributed by atoms with E-state index < -0.39 is 0 Å². The molecule has 0 radical (unpaired) electrons. The first-order valence-corrected chi connectivity index (χ1v) is 17.0. The minimum absolute atomic E-state index is 0.390. The molecule has 0 aliphatic rings. The number of unbranched alkanes of at least 4 members (excludes halogenated alkanes) is 2. The molecule has 46 heavy (non-hydrogen) atoms. The van der Waals surface area contributed by atoms with Gasteiger partial charge in [-0.05, 0) is 103 Å². The first kappa shape index (κ1) is 30.1. The van der Waals surface area contributed by atoms with Gasteiger partial charge >= 0.3 is 0 Å². The number of rotatable bonds is 13. The molecule has 0 aromatic heterocycles. The van der Waals surface area contributed by atoms with E-state index in [1.54, 1.807) is 0 Å². The van der Waals surface area contributed by atoms with Crippen LogP contribution in [0.4, 0.5) is 0 Å². The Morgan fingerprint density at radius 2 is 1.15 bits per heavy atom. The van der Waals surface area contributed by atoms with Gasteiger partial charge in [-0.15, -0.1) is 0 Å². The first-order valence-electron chi connectivity index (χ1n) is 17.0. The second-order valence-electron chi connectivity index (χ2n) is 12.6. The maximum atomic E-state index is 6.99. The maximum Gasteiger partial charge on any atom is 0.139 e. The third kappa shape index (κ3) is 5.76. The molecule has 0 saturated carbocycles. The Balaban J connectivity index is 1.49. The first-order chi connectivity index (χ1) is 22.7. The number of para-hydroxylation sites is 2. The van der Waals surface area contributed by atoms with Crippen molar-refractivity contribution >= 4 is 43.1 Å². The molecule has 0 bridgehead atoms. The zero-order valence-corrected chi connectivity index (χ0v) is 27.3. The highest BCUT2D eigenvalue weighted by molar-refractivity contribution is 6.35. The van der Waals surface area contributed by atoms with Gasteiger partial charge in [0.25, 0.3) is 0 Å². The van der Waals surface area contributed by atoms with Gasteiger partial charge in [0.05, 0.1) is 0 Å². The molecule has 3 heteroatoms. The van der Waals surface area contributed by atoms with Crippen LogP contribution in [-0.4, -0.2) is 24.0 Å². The van der Waals surface area contributed by atoms with Crippen molar-refractivity contribution in [1.82, 2.24) is 4.90 Å². The van der Waals surface area contributed by atoms with Crippen LogP contribution in [0.5, 0.6) is 23.0 Å². The zero-order chi connectivity index (χ0) is 31.5. The van der Waals surface area contributed by atoms with Gasteiger partial charge in [0.2, 0.25) is 0 Å². The Morgan fingerprint density at radius 3 is 1.80 bits per heavy atom. The van der Waals surface area contributed by atoms with E-state index in [2.05, 4.69) is 105 Å². The summed E-state index contributed by atoms with van der Waals surface area (Å²) < 4.78 is 13.6. The average Bonchev–Trinajstić information content (AvgIpc) is 3.09.